The van der Waals surface area contributed by atoms with Crippen molar-refractivity contribution in [3.05, 3.63) is 52.9 Å². The lowest BCUT2D eigenvalue weighted by Gasteiger charge is -2.34. The third kappa shape index (κ3) is 3.18. The number of amides is 2. The third-order valence-corrected chi connectivity index (χ3v) is 4.85. The standard InChI is InChI=1S/C18H18F2N4O2/c19-13-4-3-12(9-14(13)20)17(25)23-5-7-24(8-6-23)18(26)16-10-15(21-22-16)11-1-2-11/h3-4,9-11H,1-2,5-8H2,(H,21,22). The van der Waals surface area contributed by atoms with Crippen LogP contribution in [0.15, 0.2) is 24.3 Å². The van der Waals surface area contributed by atoms with Gasteiger partial charge in [0, 0.05) is 43.4 Å². The van der Waals surface area contributed by atoms with Gasteiger partial charge in [-0.25, -0.2) is 8.78 Å². The number of benzene rings is 1. The zero-order chi connectivity index (χ0) is 18.3. The van der Waals surface area contributed by atoms with Gasteiger partial charge in [0.2, 0.25) is 0 Å². The van der Waals surface area contributed by atoms with Gasteiger partial charge in [-0.15, -0.1) is 0 Å². The van der Waals surface area contributed by atoms with Gasteiger partial charge in [0.05, 0.1) is 0 Å². The third-order valence-electron chi connectivity index (χ3n) is 4.85. The van der Waals surface area contributed by atoms with Crippen LogP contribution < -0.4 is 0 Å². The first-order valence-electron chi connectivity index (χ1n) is 8.62. The maximum Gasteiger partial charge on any atom is 0.274 e. The van der Waals surface area contributed by atoms with Crippen LogP contribution in [-0.4, -0.2) is 58.0 Å². The number of aromatic nitrogens is 2. The topological polar surface area (TPSA) is 69.3 Å². The van der Waals surface area contributed by atoms with Crippen molar-refractivity contribution in [1.82, 2.24) is 20.0 Å². The number of carbonyl (C=O) groups is 2. The molecule has 2 aromatic rings. The van der Waals surface area contributed by atoms with Crippen molar-refractivity contribution < 1.29 is 18.4 Å². The molecule has 8 heteroatoms. The lowest BCUT2D eigenvalue weighted by Crippen LogP contribution is -2.50. The molecule has 0 unspecified atom stereocenters. The van der Waals surface area contributed by atoms with Gasteiger partial charge in [-0.2, -0.15) is 5.10 Å². The van der Waals surface area contributed by atoms with Crippen molar-refractivity contribution in [2.24, 2.45) is 0 Å². The van der Waals surface area contributed by atoms with Crippen molar-refractivity contribution in [3.63, 3.8) is 0 Å². The van der Waals surface area contributed by atoms with E-state index >= 15 is 0 Å². The predicted molar refractivity (Wildman–Crippen MR) is 88.7 cm³/mol. The first-order valence-corrected chi connectivity index (χ1v) is 8.62. The van der Waals surface area contributed by atoms with Crippen molar-refractivity contribution >= 4 is 11.8 Å². The van der Waals surface area contributed by atoms with E-state index in [1.807, 2.05) is 0 Å². The summed E-state index contributed by atoms with van der Waals surface area (Å²) >= 11 is 0. The van der Waals surface area contributed by atoms with Crippen molar-refractivity contribution in [1.29, 1.82) is 0 Å². The SMILES string of the molecule is O=C(c1ccc(F)c(F)c1)N1CCN(C(=O)c2cc(C3CC3)[nH]n2)CC1. The zero-order valence-electron chi connectivity index (χ0n) is 14.0. The van der Waals surface area contributed by atoms with E-state index in [-0.39, 0.29) is 17.4 Å². The number of aromatic amines is 1. The molecule has 1 saturated heterocycles. The fourth-order valence-corrected chi connectivity index (χ4v) is 3.14. The molecule has 2 aliphatic rings. The van der Waals surface area contributed by atoms with Crippen LogP contribution in [0.1, 0.15) is 45.3 Å². The quantitative estimate of drug-likeness (QED) is 0.912. The number of piperazine rings is 1. The summed E-state index contributed by atoms with van der Waals surface area (Å²) < 4.78 is 26.3. The van der Waals surface area contributed by atoms with E-state index in [0.717, 1.165) is 30.7 Å². The van der Waals surface area contributed by atoms with Gasteiger partial charge < -0.3 is 9.80 Å². The van der Waals surface area contributed by atoms with E-state index in [4.69, 9.17) is 0 Å². The summed E-state index contributed by atoms with van der Waals surface area (Å²) in [5.74, 6) is -2.06. The molecule has 1 aromatic carbocycles. The molecule has 26 heavy (non-hydrogen) atoms. The first kappa shape index (κ1) is 16.7. The molecular weight excluding hydrogens is 342 g/mol. The Kier molecular flexibility index (Phi) is 4.18. The second-order valence-electron chi connectivity index (χ2n) is 6.70. The lowest BCUT2D eigenvalue weighted by atomic mass is 10.1. The molecule has 2 heterocycles. The van der Waals surface area contributed by atoms with E-state index in [9.17, 15) is 18.4 Å². The number of carbonyl (C=O) groups excluding carboxylic acids is 2. The largest absolute Gasteiger partial charge is 0.335 e. The molecule has 1 N–H and O–H groups in total. The summed E-state index contributed by atoms with van der Waals surface area (Å²) in [5.41, 5.74) is 1.50. The van der Waals surface area contributed by atoms with E-state index in [0.29, 0.717) is 37.8 Å². The van der Waals surface area contributed by atoms with Gasteiger partial charge in [0.15, 0.2) is 11.6 Å². The van der Waals surface area contributed by atoms with Crippen LogP contribution in [0.2, 0.25) is 0 Å². The molecule has 0 bridgehead atoms. The summed E-state index contributed by atoms with van der Waals surface area (Å²) in [4.78, 5) is 28.1. The van der Waals surface area contributed by atoms with Crippen molar-refractivity contribution in [3.8, 4) is 0 Å². The molecule has 1 aliphatic carbocycles. The number of nitrogens with zero attached hydrogens (tertiary/aromatic N) is 3. The maximum atomic E-state index is 13.3. The Bertz CT molecular complexity index is 855. The van der Waals surface area contributed by atoms with Crippen molar-refractivity contribution in [2.75, 3.05) is 26.2 Å². The molecule has 6 nitrogen and oxygen atoms in total. The molecule has 0 spiro atoms. The number of H-pyrrole nitrogens is 1. The summed E-state index contributed by atoms with van der Waals surface area (Å²) in [6.45, 7) is 1.42. The summed E-state index contributed by atoms with van der Waals surface area (Å²) in [6, 6.07) is 4.91. The zero-order valence-corrected chi connectivity index (χ0v) is 14.0. The normalized spacial score (nSPS) is 17.5. The molecule has 1 saturated carbocycles. The van der Waals surface area contributed by atoms with Crippen LogP contribution in [0.4, 0.5) is 8.78 Å². The van der Waals surface area contributed by atoms with Crippen LogP contribution in [0.25, 0.3) is 0 Å². The van der Waals surface area contributed by atoms with Gasteiger partial charge in [-0.3, -0.25) is 14.7 Å². The average molecular weight is 360 g/mol. The second kappa shape index (κ2) is 6.51. The van der Waals surface area contributed by atoms with E-state index in [2.05, 4.69) is 10.2 Å². The van der Waals surface area contributed by atoms with Gasteiger partial charge in [0.25, 0.3) is 11.8 Å². The van der Waals surface area contributed by atoms with E-state index in [1.165, 1.54) is 11.0 Å². The molecule has 136 valence electrons. The average Bonchev–Trinajstić information content (AvgIpc) is 3.40. The Balaban J connectivity index is 1.37. The van der Waals surface area contributed by atoms with Gasteiger partial charge in [0.1, 0.15) is 5.69 Å². The van der Waals surface area contributed by atoms with Crippen molar-refractivity contribution in [2.45, 2.75) is 18.8 Å². The Hall–Kier alpha value is -2.77. The second-order valence-corrected chi connectivity index (χ2v) is 6.70. The number of hydrogen-bond acceptors (Lipinski definition) is 3. The lowest BCUT2D eigenvalue weighted by molar-refractivity contribution is 0.0532. The summed E-state index contributed by atoms with van der Waals surface area (Å²) in [7, 11) is 0. The minimum atomic E-state index is -1.05. The molecule has 4 rings (SSSR count). The highest BCUT2D eigenvalue weighted by atomic mass is 19.2. The van der Waals surface area contributed by atoms with Crippen LogP contribution in [0, 0.1) is 11.6 Å². The number of rotatable bonds is 3. The van der Waals surface area contributed by atoms with E-state index < -0.39 is 11.6 Å². The summed E-state index contributed by atoms with van der Waals surface area (Å²) in [6.07, 6.45) is 2.25. The molecule has 2 fully saturated rings. The monoisotopic (exact) mass is 360 g/mol. The fourth-order valence-electron chi connectivity index (χ4n) is 3.14. The minimum absolute atomic E-state index is 0.102. The molecule has 0 radical (unpaired) electrons. The van der Waals surface area contributed by atoms with Crippen LogP contribution >= 0.6 is 0 Å². The number of hydrogen-bond donors (Lipinski definition) is 1. The predicted octanol–water partition coefficient (Wildman–Crippen LogP) is 2.16. The van der Waals surface area contributed by atoms with Gasteiger partial charge in [-0.05, 0) is 37.1 Å². The highest BCUT2D eigenvalue weighted by molar-refractivity contribution is 5.95. The first-order chi connectivity index (χ1) is 12.5. The smallest absolute Gasteiger partial charge is 0.274 e. The number of halogens is 2. The Labute approximate surface area is 148 Å². The highest BCUT2D eigenvalue weighted by Gasteiger charge is 2.29. The minimum Gasteiger partial charge on any atom is -0.335 e. The highest BCUT2D eigenvalue weighted by Crippen LogP contribution is 2.39. The molecule has 0 atom stereocenters. The van der Waals surface area contributed by atoms with Crippen LogP contribution in [0.3, 0.4) is 0 Å². The Morgan fingerprint density at radius 3 is 2.23 bits per heavy atom. The van der Waals surface area contributed by atoms with Crippen LogP contribution in [0.5, 0.6) is 0 Å². The fraction of sp³-hybridized carbons (Fsp3) is 0.389. The van der Waals surface area contributed by atoms with Crippen LogP contribution in [-0.2, 0) is 0 Å². The molecule has 1 aliphatic heterocycles. The summed E-state index contributed by atoms with van der Waals surface area (Å²) in [5, 5.41) is 7.02. The Morgan fingerprint density at radius 1 is 0.962 bits per heavy atom. The Morgan fingerprint density at radius 2 is 1.62 bits per heavy atom. The molecule has 1 aromatic heterocycles. The maximum absolute atomic E-state index is 13.3. The molecular formula is C18H18F2N4O2. The molecule has 2 amide bonds. The van der Waals surface area contributed by atoms with Gasteiger partial charge >= 0.3 is 0 Å². The van der Waals surface area contributed by atoms with E-state index in [1.54, 1.807) is 11.0 Å². The van der Waals surface area contributed by atoms with Gasteiger partial charge in [-0.1, -0.05) is 0 Å². The number of nitrogens with one attached hydrogen (secondary N) is 1.